The van der Waals surface area contributed by atoms with Gasteiger partial charge in [0.25, 0.3) is 5.91 Å². The zero-order valence-electron chi connectivity index (χ0n) is 12.5. The molecule has 0 aliphatic heterocycles. The van der Waals surface area contributed by atoms with Gasteiger partial charge in [0.05, 0.1) is 12.2 Å². The van der Waals surface area contributed by atoms with Crippen LogP contribution in [0.4, 0.5) is 5.69 Å². The molecular formula is C16H13BrCl2N2O2S. The smallest absolute Gasteiger partial charge is 0.261 e. The summed E-state index contributed by atoms with van der Waals surface area (Å²) < 4.78 is 6.22. The van der Waals surface area contributed by atoms with Crippen molar-refractivity contribution in [1.82, 2.24) is 5.32 Å². The Morgan fingerprint density at radius 3 is 2.50 bits per heavy atom. The predicted octanol–water partition coefficient (Wildman–Crippen LogP) is 5.28. The number of benzene rings is 2. The molecule has 0 bridgehead atoms. The molecule has 0 aromatic heterocycles. The van der Waals surface area contributed by atoms with Crippen LogP contribution in [-0.2, 0) is 0 Å². The molecule has 126 valence electrons. The fourth-order valence-electron chi connectivity index (χ4n) is 1.92. The molecule has 0 saturated carbocycles. The lowest BCUT2D eigenvalue weighted by molar-refractivity contribution is 0.0974. The second-order valence-corrected chi connectivity index (χ2v) is 6.84. The predicted molar refractivity (Wildman–Crippen MR) is 105 cm³/mol. The second-order valence-electron chi connectivity index (χ2n) is 4.64. The van der Waals surface area contributed by atoms with E-state index in [1.165, 1.54) is 0 Å². The van der Waals surface area contributed by atoms with Crippen LogP contribution in [0.2, 0.25) is 10.0 Å². The fourth-order valence-corrected chi connectivity index (χ4v) is 3.02. The molecule has 0 saturated heterocycles. The molecule has 24 heavy (non-hydrogen) atoms. The quantitative estimate of drug-likeness (QED) is 0.626. The lowest BCUT2D eigenvalue weighted by Crippen LogP contribution is -2.34. The van der Waals surface area contributed by atoms with Crippen LogP contribution in [0.3, 0.4) is 0 Å². The average molecular weight is 448 g/mol. The number of hydrogen-bond acceptors (Lipinski definition) is 3. The van der Waals surface area contributed by atoms with E-state index >= 15 is 0 Å². The summed E-state index contributed by atoms with van der Waals surface area (Å²) in [5.74, 6) is 0.0946. The van der Waals surface area contributed by atoms with Crippen LogP contribution >= 0.6 is 51.3 Å². The summed E-state index contributed by atoms with van der Waals surface area (Å²) in [5, 5.41) is 6.52. The third-order valence-electron chi connectivity index (χ3n) is 2.83. The Balaban J connectivity index is 2.11. The number of carbonyl (C=O) groups excluding carboxylic acids is 1. The number of rotatable bonds is 4. The molecule has 2 N–H and O–H groups in total. The normalized spacial score (nSPS) is 10.2. The minimum Gasteiger partial charge on any atom is -0.493 e. The van der Waals surface area contributed by atoms with Gasteiger partial charge in [-0.3, -0.25) is 10.1 Å². The Hall–Kier alpha value is -1.34. The van der Waals surface area contributed by atoms with Gasteiger partial charge in [0, 0.05) is 20.2 Å². The highest BCUT2D eigenvalue weighted by Gasteiger charge is 2.15. The molecule has 0 unspecified atom stereocenters. The summed E-state index contributed by atoms with van der Waals surface area (Å²) in [6.07, 6.45) is 0. The molecule has 0 fully saturated rings. The van der Waals surface area contributed by atoms with E-state index in [0.29, 0.717) is 33.7 Å². The van der Waals surface area contributed by atoms with Gasteiger partial charge in [-0.2, -0.15) is 0 Å². The molecular weight excluding hydrogens is 435 g/mol. The third-order valence-corrected chi connectivity index (χ3v) is 3.97. The van der Waals surface area contributed by atoms with Crippen molar-refractivity contribution in [2.45, 2.75) is 6.92 Å². The number of nitrogens with one attached hydrogen (secondary N) is 2. The monoisotopic (exact) mass is 446 g/mol. The first-order valence-corrected chi connectivity index (χ1v) is 8.85. The van der Waals surface area contributed by atoms with Gasteiger partial charge in [0.1, 0.15) is 5.75 Å². The van der Waals surface area contributed by atoms with E-state index in [2.05, 4.69) is 26.6 Å². The average Bonchev–Trinajstić information content (AvgIpc) is 2.47. The van der Waals surface area contributed by atoms with Gasteiger partial charge in [-0.1, -0.05) is 39.1 Å². The summed E-state index contributed by atoms with van der Waals surface area (Å²) >= 11 is 20.4. The molecule has 1 amide bonds. The van der Waals surface area contributed by atoms with Crippen molar-refractivity contribution in [3.8, 4) is 5.75 Å². The Morgan fingerprint density at radius 2 is 1.88 bits per heavy atom. The maximum absolute atomic E-state index is 12.4. The van der Waals surface area contributed by atoms with Gasteiger partial charge >= 0.3 is 0 Å². The summed E-state index contributed by atoms with van der Waals surface area (Å²) in [4.78, 5) is 12.4. The van der Waals surface area contributed by atoms with Gasteiger partial charge < -0.3 is 10.1 Å². The Labute approximate surface area is 163 Å². The highest BCUT2D eigenvalue weighted by atomic mass is 79.9. The van der Waals surface area contributed by atoms with Crippen molar-refractivity contribution in [1.29, 1.82) is 0 Å². The molecule has 0 aliphatic carbocycles. The van der Waals surface area contributed by atoms with Gasteiger partial charge in [-0.05, 0) is 55.5 Å². The van der Waals surface area contributed by atoms with Gasteiger partial charge in [0.15, 0.2) is 5.11 Å². The Morgan fingerprint density at radius 1 is 1.21 bits per heavy atom. The molecule has 0 spiro atoms. The van der Waals surface area contributed by atoms with Crippen LogP contribution in [0.1, 0.15) is 17.3 Å². The number of halogens is 3. The summed E-state index contributed by atoms with van der Waals surface area (Å²) in [7, 11) is 0. The summed E-state index contributed by atoms with van der Waals surface area (Å²) in [5.41, 5.74) is 0.955. The number of amides is 1. The molecule has 2 aromatic rings. The van der Waals surface area contributed by atoms with Gasteiger partial charge in [0.2, 0.25) is 0 Å². The van der Waals surface area contributed by atoms with E-state index in [-0.39, 0.29) is 11.0 Å². The first kappa shape index (κ1) is 19.0. The van der Waals surface area contributed by atoms with E-state index < -0.39 is 0 Å². The van der Waals surface area contributed by atoms with Crippen LogP contribution in [0, 0.1) is 0 Å². The molecule has 4 nitrogen and oxygen atoms in total. The maximum atomic E-state index is 12.4. The van der Waals surface area contributed by atoms with Crippen molar-refractivity contribution in [2.75, 3.05) is 11.9 Å². The number of hydrogen-bond donors (Lipinski definition) is 2. The molecule has 2 rings (SSSR count). The van der Waals surface area contributed by atoms with Crippen molar-refractivity contribution in [3.63, 3.8) is 0 Å². The minimum absolute atomic E-state index is 0.126. The number of anilines is 1. The largest absolute Gasteiger partial charge is 0.493 e. The molecule has 8 heteroatoms. The molecule has 0 aliphatic rings. The first-order valence-electron chi connectivity index (χ1n) is 6.90. The van der Waals surface area contributed by atoms with Crippen molar-refractivity contribution in [3.05, 3.63) is 56.5 Å². The maximum Gasteiger partial charge on any atom is 0.261 e. The minimum atomic E-state index is -0.384. The van der Waals surface area contributed by atoms with E-state index in [4.69, 9.17) is 40.2 Å². The van der Waals surface area contributed by atoms with Crippen LogP contribution in [-0.4, -0.2) is 17.6 Å². The first-order chi connectivity index (χ1) is 11.4. The van der Waals surface area contributed by atoms with Gasteiger partial charge in [-0.15, -0.1) is 0 Å². The SMILES string of the molecule is CCOc1ccc(Br)cc1C(=O)NC(=S)Nc1cc(Cl)cc(Cl)c1. The van der Waals surface area contributed by atoms with Crippen molar-refractivity contribution >= 4 is 68.1 Å². The van der Waals surface area contributed by atoms with Crippen LogP contribution in [0.15, 0.2) is 40.9 Å². The highest BCUT2D eigenvalue weighted by Crippen LogP contribution is 2.24. The van der Waals surface area contributed by atoms with E-state index in [9.17, 15) is 4.79 Å². The highest BCUT2D eigenvalue weighted by molar-refractivity contribution is 9.10. The molecule has 0 heterocycles. The Bertz CT molecular complexity index is 766. The van der Waals surface area contributed by atoms with Crippen molar-refractivity contribution in [2.24, 2.45) is 0 Å². The third kappa shape index (κ3) is 5.34. The van der Waals surface area contributed by atoms with E-state index in [1.807, 2.05) is 6.92 Å². The van der Waals surface area contributed by atoms with Crippen LogP contribution < -0.4 is 15.4 Å². The van der Waals surface area contributed by atoms with E-state index in [1.54, 1.807) is 36.4 Å². The lowest BCUT2D eigenvalue weighted by atomic mass is 10.2. The summed E-state index contributed by atoms with van der Waals surface area (Å²) in [6.45, 7) is 2.30. The molecule has 0 atom stereocenters. The standard InChI is InChI=1S/C16H13BrCl2N2O2S/c1-2-23-14-4-3-9(17)5-13(14)15(22)21-16(24)20-12-7-10(18)6-11(19)8-12/h3-8H,2H2,1H3,(H2,20,21,22,24). The summed E-state index contributed by atoms with van der Waals surface area (Å²) in [6, 6.07) is 10.1. The number of carbonyl (C=O) groups is 1. The topological polar surface area (TPSA) is 50.4 Å². The van der Waals surface area contributed by atoms with Crippen molar-refractivity contribution < 1.29 is 9.53 Å². The lowest BCUT2D eigenvalue weighted by Gasteiger charge is -2.13. The number of thiocarbonyl (C=S) groups is 1. The zero-order chi connectivity index (χ0) is 17.7. The van der Waals surface area contributed by atoms with Crippen LogP contribution in [0.25, 0.3) is 0 Å². The second kappa shape index (κ2) is 8.67. The number of ether oxygens (including phenoxy) is 1. The van der Waals surface area contributed by atoms with E-state index in [0.717, 1.165) is 4.47 Å². The Kier molecular flexibility index (Phi) is 6.86. The zero-order valence-corrected chi connectivity index (χ0v) is 16.4. The fraction of sp³-hybridized carbons (Fsp3) is 0.125. The molecule has 2 aromatic carbocycles. The molecule has 0 radical (unpaired) electrons. The van der Waals surface area contributed by atoms with Gasteiger partial charge in [-0.25, -0.2) is 0 Å². The van der Waals surface area contributed by atoms with Crippen LogP contribution in [0.5, 0.6) is 5.75 Å².